The molecule has 0 bridgehead atoms. The van der Waals surface area contributed by atoms with E-state index in [0.29, 0.717) is 10.6 Å². The summed E-state index contributed by atoms with van der Waals surface area (Å²) >= 11 is 4.41. The topological polar surface area (TPSA) is 49.4 Å². The lowest BCUT2D eigenvalue weighted by molar-refractivity contribution is -0.137. The summed E-state index contributed by atoms with van der Waals surface area (Å²) in [7, 11) is 0. The molecule has 4 rings (SSSR count). The van der Waals surface area contributed by atoms with Crippen molar-refractivity contribution in [3.63, 3.8) is 0 Å². The van der Waals surface area contributed by atoms with Gasteiger partial charge in [-0.25, -0.2) is 4.90 Å². The van der Waals surface area contributed by atoms with Crippen LogP contribution < -0.4 is 10.2 Å². The number of nitrogens with one attached hydrogen (secondary N) is 1. The molecule has 2 amide bonds. The van der Waals surface area contributed by atoms with Gasteiger partial charge in [0.25, 0.3) is 11.8 Å². The van der Waals surface area contributed by atoms with Gasteiger partial charge < -0.3 is 5.32 Å². The van der Waals surface area contributed by atoms with Crippen molar-refractivity contribution >= 4 is 50.9 Å². The fourth-order valence-corrected chi connectivity index (χ4v) is 4.27. The van der Waals surface area contributed by atoms with E-state index in [9.17, 15) is 22.8 Å². The Kier molecular flexibility index (Phi) is 6.12. The maximum atomic E-state index is 13.2. The van der Waals surface area contributed by atoms with E-state index in [0.717, 1.165) is 33.3 Å². The number of amides is 2. The first-order chi connectivity index (χ1) is 15.2. The second kappa shape index (κ2) is 8.84. The van der Waals surface area contributed by atoms with Crippen molar-refractivity contribution in [2.24, 2.45) is 0 Å². The Labute approximate surface area is 194 Å². The molecule has 32 heavy (non-hydrogen) atoms. The number of anilines is 2. The molecule has 4 nitrogen and oxygen atoms in total. The van der Waals surface area contributed by atoms with E-state index >= 15 is 0 Å². The normalized spacial score (nSPS) is 14.3. The van der Waals surface area contributed by atoms with E-state index in [1.165, 1.54) is 12.1 Å². The van der Waals surface area contributed by atoms with Crippen LogP contribution in [-0.2, 0) is 15.8 Å². The largest absolute Gasteiger partial charge is 0.416 e. The van der Waals surface area contributed by atoms with Crippen LogP contribution in [0, 0.1) is 0 Å². The number of carbonyl (C=O) groups is 2. The maximum Gasteiger partial charge on any atom is 0.416 e. The summed E-state index contributed by atoms with van der Waals surface area (Å²) in [5.41, 5.74) is -0.527. The first-order valence-corrected chi connectivity index (χ1v) is 10.9. The predicted molar refractivity (Wildman–Crippen MR) is 121 cm³/mol. The third-order valence-electron chi connectivity index (χ3n) is 4.55. The Bertz CT molecular complexity index is 1210. The number of alkyl halides is 3. The molecular formula is C23H14BrF3N2O2S. The van der Waals surface area contributed by atoms with Crippen molar-refractivity contribution in [2.45, 2.75) is 11.1 Å². The van der Waals surface area contributed by atoms with Gasteiger partial charge in [-0.05, 0) is 54.6 Å². The van der Waals surface area contributed by atoms with Gasteiger partial charge in [0.05, 0.1) is 11.3 Å². The van der Waals surface area contributed by atoms with Crippen LogP contribution in [0.1, 0.15) is 5.56 Å². The van der Waals surface area contributed by atoms with Crippen LogP contribution in [0.15, 0.2) is 98.8 Å². The van der Waals surface area contributed by atoms with Crippen LogP contribution >= 0.6 is 27.7 Å². The predicted octanol–water partition coefficient (Wildman–Crippen LogP) is 6.46. The molecular weight excluding hydrogens is 505 g/mol. The second-order valence-corrected chi connectivity index (χ2v) is 8.74. The van der Waals surface area contributed by atoms with Crippen LogP contribution in [-0.4, -0.2) is 11.8 Å². The van der Waals surface area contributed by atoms with E-state index in [4.69, 9.17) is 0 Å². The van der Waals surface area contributed by atoms with E-state index in [1.54, 1.807) is 48.5 Å². The molecule has 0 atom stereocenters. The Morgan fingerprint density at radius 3 is 2.19 bits per heavy atom. The third-order valence-corrected chi connectivity index (χ3v) is 6.17. The maximum absolute atomic E-state index is 13.2. The molecule has 1 aliphatic heterocycles. The molecule has 0 fully saturated rings. The highest BCUT2D eigenvalue weighted by atomic mass is 79.9. The van der Waals surface area contributed by atoms with Gasteiger partial charge in [0.1, 0.15) is 10.6 Å². The minimum atomic E-state index is -4.60. The number of imide groups is 1. The number of halogens is 4. The summed E-state index contributed by atoms with van der Waals surface area (Å²) in [5.74, 6) is -1.42. The molecule has 0 spiro atoms. The molecule has 0 saturated heterocycles. The molecule has 0 radical (unpaired) electrons. The molecule has 1 heterocycles. The molecule has 162 valence electrons. The van der Waals surface area contributed by atoms with Crippen molar-refractivity contribution in [1.82, 2.24) is 0 Å². The lowest BCUT2D eigenvalue weighted by Crippen LogP contribution is -2.32. The van der Waals surface area contributed by atoms with Gasteiger partial charge in [0.2, 0.25) is 0 Å². The minimum Gasteiger partial charge on any atom is -0.350 e. The second-order valence-electron chi connectivity index (χ2n) is 6.74. The van der Waals surface area contributed by atoms with Crippen molar-refractivity contribution in [2.75, 3.05) is 10.2 Å². The first kappa shape index (κ1) is 22.2. The molecule has 1 N–H and O–H groups in total. The van der Waals surface area contributed by atoms with Crippen molar-refractivity contribution in [3.05, 3.63) is 99.5 Å². The van der Waals surface area contributed by atoms with E-state index in [-0.39, 0.29) is 16.3 Å². The van der Waals surface area contributed by atoms with Gasteiger partial charge in [-0.3, -0.25) is 9.59 Å². The number of carbonyl (C=O) groups excluding carboxylic acids is 2. The minimum absolute atomic E-state index is 0.00332. The third kappa shape index (κ3) is 4.58. The molecule has 0 saturated carbocycles. The highest BCUT2D eigenvalue weighted by Crippen LogP contribution is 2.39. The van der Waals surface area contributed by atoms with E-state index < -0.39 is 23.6 Å². The monoisotopic (exact) mass is 518 g/mol. The summed E-state index contributed by atoms with van der Waals surface area (Å²) < 4.78 is 40.4. The van der Waals surface area contributed by atoms with Gasteiger partial charge in [-0.1, -0.05) is 52.0 Å². The smallest absolute Gasteiger partial charge is 0.350 e. The number of hydrogen-bond donors (Lipinski definition) is 1. The fraction of sp³-hybridized carbons (Fsp3) is 0.0435. The van der Waals surface area contributed by atoms with Crippen LogP contribution in [0.3, 0.4) is 0 Å². The zero-order valence-corrected chi connectivity index (χ0v) is 18.6. The van der Waals surface area contributed by atoms with Gasteiger partial charge >= 0.3 is 6.18 Å². The lowest BCUT2D eigenvalue weighted by Gasteiger charge is -2.17. The molecule has 3 aromatic rings. The average molecular weight is 519 g/mol. The standard InChI is InChI=1S/C23H14BrF3N2O2S/c24-15-9-11-16(12-10-15)28-19-20(32-18-7-2-1-3-8-18)22(31)29(21(19)30)17-6-4-5-14(13-17)23(25,26)27/h1-13,28H. The van der Waals surface area contributed by atoms with Crippen molar-refractivity contribution < 1.29 is 22.8 Å². The lowest BCUT2D eigenvalue weighted by atomic mass is 10.2. The van der Waals surface area contributed by atoms with Gasteiger partial charge in [-0.15, -0.1) is 0 Å². The van der Waals surface area contributed by atoms with E-state index in [1.807, 2.05) is 6.07 Å². The number of thioether (sulfide) groups is 1. The Balaban J connectivity index is 1.75. The quantitative estimate of drug-likeness (QED) is 0.394. The van der Waals surface area contributed by atoms with Crippen LogP contribution in [0.2, 0.25) is 0 Å². The molecule has 3 aromatic carbocycles. The summed E-state index contributed by atoms with van der Waals surface area (Å²) in [6.07, 6.45) is -4.60. The zero-order valence-electron chi connectivity index (χ0n) is 16.2. The Morgan fingerprint density at radius 2 is 1.53 bits per heavy atom. The van der Waals surface area contributed by atoms with Crippen LogP contribution in [0.25, 0.3) is 0 Å². The van der Waals surface area contributed by atoms with Gasteiger partial charge in [0, 0.05) is 15.1 Å². The van der Waals surface area contributed by atoms with Crippen molar-refractivity contribution in [3.8, 4) is 0 Å². The zero-order chi connectivity index (χ0) is 22.9. The highest BCUT2D eigenvalue weighted by molar-refractivity contribution is 9.10. The van der Waals surface area contributed by atoms with Crippen molar-refractivity contribution in [1.29, 1.82) is 0 Å². The number of nitrogens with zero attached hydrogens (tertiary/aromatic N) is 1. The summed E-state index contributed by atoms with van der Waals surface area (Å²) in [5, 5.41) is 2.97. The highest BCUT2D eigenvalue weighted by Gasteiger charge is 2.41. The number of benzene rings is 3. The fourth-order valence-electron chi connectivity index (χ4n) is 3.05. The van der Waals surface area contributed by atoms with Crippen LogP contribution in [0.4, 0.5) is 24.5 Å². The molecule has 1 aliphatic rings. The summed E-state index contributed by atoms with van der Waals surface area (Å²) in [6.45, 7) is 0. The molecule has 0 unspecified atom stereocenters. The van der Waals surface area contributed by atoms with Crippen LogP contribution in [0.5, 0.6) is 0 Å². The molecule has 0 aromatic heterocycles. The summed E-state index contributed by atoms with van der Waals surface area (Å²) in [6, 6.07) is 20.1. The Hall–Kier alpha value is -3.04. The van der Waals surface area contributed by atoms with E-state index in [2.05, 4.69) is 21.2 Å². The number of hydrogen-bond acceptors (Lipinski definition) is 4. The SMILES string of the molecule is O=C1C(Nc2ccc(Br)cc2)=C(Sc2ccccc2)C(=O)N1c1cccc(C(F)(F)F)c1. The first-order valence-electron chi connectivity index (χ1n) is 9.30. The van der Waals surface area contributed by atoms with Gasteiger partial charge in [0.15, 0.2) is 0 Å². The summed E-state index contributed by atoms with van der Waals surface area (Å²) in [4.78, 5) is 28.0. The van der Waals surface area contributed by atoms with Gasteiger partial charge in [-0.2, -0.15) is 13.2 Å². The number of rotatable bonds is 5. The average Bonchev–Trinajstić information content (AvgIpc) is 2.99. The molecule has 0 aliphatic carbocycles. The Morgan fingerprint density at radius 1 is 0.844 bits per heavy atom. The molecule has 9 heteroatoms.